The molecule has 2 atom stereocenters. The molecule has 0 bridgehead atoms. The van der Waals surface area contributed by atoms with Crippen molar-refractivity contribution in [2.24, 2.45) is 0 Å². The first-order valence-corrected chi connectivity index (χ1v) is 11.1. The lowest BCUT2D eigenvalue weighted by Gasteiger charge is -2.39. The molecule has 1 aromatic heterocycles. The largest absolute Gasteiger partial charge is 0.465 e. The zero-order valence-electron chi connectivity index (χ0n) is 18.3. The predicted molar refractivity (Wildman–Crippen MR) is 119 cm³/mol. The lowest BCUT2D eigenvalue weighted by Crippen LogP contribution is -2.45. The number of nitrogens with zero attached hydrogens (tertiary/aromatic N) is 4. The van der Waals surface area contributed by atoms with Crippen molar-refractivity contribution in [2.75, 3.05) is 24.5 Å². The summed E-state index contributed by atoms with van der Waals surface area (Å²) in [5.41, 5.74) is 3.56. The summed E-state index contributed by atoms with van der Waals surface area (Å²) in [7, 11) is 0. The monoisotopic (exact) mass is 425 g/mol. The first kappa shape index (κ1) is 21.4. The fourth-order valence-electron chi connectivity index (χ4n) is 4.87. The van der Waals surface area contributed by atoms with Crippen molar-refractivity contribution in [3.8, 4) is 11.1 Å². The van der Waals surface area contributed by atoms with Crippen LogP contribution in [0.25, 0.3) is 11.1 Å². The molecule has 1 fully saturated rings. The first-order chi connectivity index (χ1) is 14.9. The van der Waals surface area contributed by atoms with Gasteiger partial charge in [-0.3, -0.25) is 9.48 Å². The van der Waals surface area contributed by atoms with Gasteiger partial charge in [0.25, 0.3) is 0 Å². The molecule has 0 unspecified atom stereocenters. The van der Waals surface area contributed by atoms with Crippen molar-refractivity contribution in [1.82, 2.24) is 20.0 Å². The minimum atomic E-state index is -1.06. The van der Waals surface area contributed by atoms with Crippen LogP contribution < -0.4 is 10.2 Å². The smallest absolute Gasteiger partial charge is 0.405 e. The van der Waals surface area contributed by atoms with E-state index in [9.17, 15) is 14.7 Å². The van der Waals surface area contributed by atoms with Crippen LogP contribution in [0.4, 0.5) is 10.5 Å². The van der Waals surface area contributed by atoms with Crippen molar-refractivity contribution >= 4 is 17.7 Å². The number of carbonyl (C=O) groups excluding carboxylic acids is 1. The average Bonchev–Trinajstić information content (AvgIpc) is 3.21. The zero-order valence-corrected chi connectivity index (χ0v) is 18.3. The molecule has 166 valence electrons. The second-order valence-electron chi connectivity index (χ2n) is 8.64. The molecule has 0 spiro atoms. The molecule has 31 heavy (non-hydrogen) atoms. The second-order valence-corrected chi connectivity index (χ2v) is 8.64. The fraction of sp³-hybridized carbons (Fsp3) is 0.522. The van der Waals surface area contributed by atoms with Crippen LogP contribution in [-0.4, -0.2) is 57.5 Å². The van der Waals surface area contributed by atoms with Crippen LogP contribution in [0.5, 0.6) is 0 Å². The Morgan fingerprint density at radius 3 is 2.65 bits per heavy atom. The standard InChI is InChI=1S/C23H31N5O3/c1-16-12-21(25-23(30)31)20-13-18(6-7-22(20)28(16)17(2)29)19-14-24-27(15-19)11-10-26-8-4-3-5-9-26/h6-7,13-16,21,25H,3-5,8-12H2,1-2H3,(H,30,31)/t16-,21+/m0/s1. The van der Waals surface area contributed by atoms with Crippen LogP contribution in [0.2, 0.25) is 0 Å². The summed E-state index contributed by atoms with van der Waals surface area (Å²) in [5.74, 6) is -0.0409. The van der Waals surface area contributed by atoms with Gasteiger partial charge in [0.05, 0.1) is 18.8 Å². The Balaban J connectivity index is 1.56. The van der Waals surface area contributed by atoms with Gasteiger partial charge in [0.2, 0.25) is 5.91 Å². The van der Waals surface area contributed by atoms with Crippen LogP contribution in [0.1, 0.15) is 51.1 Å². The maximum Gasteiger partial charge on any atom is 0.405 e. The topological polar surface area (TPSA) is 90.7 Å². The summed E-state index contributed by atoms with van der Waals surface area (Å²) >= 11 is 0. The summed E-state index contributed by atoms with van der Waals surface area (Å²) in [6, 6.07) is 5.46. The summed E-state index contributed by atoms with van der Waals surface area (Å²) in [5, 5.41) is 16.4. The van der Waals surface area contributed by atoms with E-state index in [0.717, 1.165) is 35.5 Å². The molecule has 0 aliphatic carbocycles. The van der Waals surface area contributed by atoms with E-state index < -0.39 is 6.09 Å². The highest BCUT2D eigenvalue weighted by atomic mass is 16.4. The van der Waals surface area contributed by atoms with E-state index in [1.54, 1.807) is 11.8 Å². The first-order valence-electron chi connectivity index (χ1n) is 11.1. The Hall–Kier alpha value is -2.87. The molecule has 2 aliphatic rings. The molecule has 0 radical (unpaired) electrons. The number of anilines is 1. The Kier molecular flexibility index (Phi) is 6.27. The van der Waals surface area contributed by atoms with Gasteiger partial charge in [0.15, 0.2) is 0 Å². The number of likely N-dealkylation sites (tertiary alicyclic amines) is 1. The van der Waals surface area contributed by atoms with Crippen LogP contribution in [0.15, 0.2) is 30.6 Å². The minimum Gasteiger partial charge on any atom is -0.465 e. The number of benzene rings is 1. The van der Waals surface area contributed by atoms with E-state index in [-0.39, 0.29) is 18.0 Å². The third-order valence-corrected chi connectivity index (χ3v) is 6.38. The fourth-order valence-corrected chi connectivity index (χ4v) is 4.87. The molecule has 1 aromatic carbocycles. The van der Waals surface area contributed by atoms with E-state index in [1.807, 2.05) is 42.2 Å². The molecule has 2 aliphatic heterocycles. The van der Waals surface area contributed by atoms with Gasteiger partial charge in [-0.05, 0) is 62.5 Å². The number of fused-ring (bicyclic) bond motifs is 1. The Morgan fingerprint density at radius 1 is 1.16 bits per heavy atom. The summed E-state index contributed by atoms with van der Waals surface area (Å²) < 4.78 is 1.97. The Morgan fingerprint density at radius 2 is 1.94 bits per heavy atom. The maximum absolute atomic E-state index is 12.2. The van der Waals surface area contributed by atoms with Gasteiger partial charge in [-0.15, -0.1) is 0 Å². The SMILES string of the molecule is CC(=O)N1c2ccc(-c3cnn(CCN4CCCCC4)c3)cc2[C@H](NC(=O)O)C[C@@H]1C. The van der Waals surface area contributed by atoms with Crippen molar-refractivity contribution < 1.29 is 14.7 Å². The molecule has 8 nitrogen and oxygen atoms in total. The quantitative estimate of drug-likeness (QED) is 0.765. The zero-order chi connectivity index (χ0) is 22.0. The van der Waals surface area contributed by atoms with Gasteiger partial charge in [0.1, 0.15) is 0 Å². The van der Waals surface area contributed by atoms with Gasteiger partial charge in [-0.25, -0.2) is 4.79 Å². The van der Waals surface area contributed by atoms with Crippen molar-refractivity contribution in [3.05, 3.63) is 36.2 Å². The minimum absolute atomic E-state index is 0.0409. The van der Waals surface area contributed by atoms with E-state index in [4.69, 9.17) is 0 Å². The molecule has 3 heterocycles. The van der Waals surface area contributed by atoms with Gasteiger partial charge < -0.3 is 20.2 Å². The highest BCUT2D eigenvalue weighted by molar-refractivity contribution is 5.94. The van der Waals surface area contributed by atoms with Crippen molar-refractivity contribution in [1.29, 1.82) is 0 Å². The van der Waals surface area contributed by atoms with E-state index in [2.05, 4.69) is 15.3 Å². The maximum atomic E-state index is 12.2. The normalized spacial score (nSPS) is 21.5. The molecule has 8 heteroatoms. The molecule has 4 rings (SSSR count). The molecular weight excluding hydrogens is 394 g/mol. The Labute approximate surface area is 182 Å². The molecule has 2 N–H and O–H groups in total. The summed E-state index contributed by atoms with van der Waals surface area (Å²) in [4.78, 5) is 27.8. The molecule has 1 saturated heterocycles. The number of piperidine rings is 1. The van der Waals surface area contributed by atoms with Crippen LogP contribution >= 0.6 is 0 Å². The number of rotatable bonds is 5. The summed E-state index contributed by atoms with van der Waals surface area (Å²) in [6.07, 6.45) is 7.26. The number of carbonyl (C=O) groups is 2. The number of amides is 2. The van der Waals surface area contributed by atoms with Crippen LogP contribution in [-0.2, 0) is 11.3 Å². The number of hydrogen-bond acceptors (Lipinski definition) is 4. The van der Waals surface area contributed by atoms with Crippen molar-refractivity contribution in [2.45, 2.75) is 58.2 Å². The van der Waals surface area contributed by atoms with E-state index in [0.29, 0.717) is 6.42 Å². The predicted octanol–water partition coefficient (Wildman–Crippen LogP) is 3.49. The van der Waals surface area contributed by atoms with Crippen LogP contribution in [0, 0.1) is 0 Å². The molecule has 2 aromatic rings. The molecular formula is C23H31N5O3. The van der Waals surface area contributed by atoms with E-state index in [1.165, 1.54) is 32.4 Å². The van der Waals surface area contributed by atoms with Crippen molar-refractivity contribution in [3.63, 3.8) is 0 Å². The van der Waals surface area contributed by atoms with Gasteiger partial charge in [-0.2, -0.15) is 5.10 Å². The molecule has 0 saturated carbocycles. The lowest BCUT2D eigenvalue weighted by atomic mass is 9.89. The molecule has 2 amide bonds. The number of hydrogen-bond donors (Lipinski definition) is 2. The van der Waals surface area contributed by atoms with E-state index >= 15 is 0 Å². The lowest BCUT2D eigenvalue weighted by molar-refractivity contribution is -0.117. The second kappa shape index (κ2) is 9.09. The number of carboxylic acid groups (broad SMARTS) is 1. The van der Waals surface area contributed by atoms with Gasteiger partial charge in [-0.1, -0.05) is 12.5 Å². The third kappa shape index (κ3) is 4.74. The third-order valence-electron chi connectivity index (χ3n) is 6.38. The highest BCUT2D eigenvalue weighted by Gasteiger charge is 2.33. The Bertz CT molecular complexity index is 950. The highest BCUT2D eigenvalue weighted by Crippen LogP contribution is 2.39. The number of nitrogens with one attached hydrogen (secondary N) is 1. The summed E-state index contributed by atoms with van der Waals surface area (Å²) in [6.45, 7) is 7.68. The van der Waals surface area contributed by atoms with Gasteiger partial charge >= 0.3 is 6.09 Å². The van der Waals surface area contributed by atoms with Gasteiger partial charge in [0, 0.05) is 37.0 Å². The van der Waals surface area contributed by atoms with Crippen LogP contribution in [0.3, 0.4) is 0 Å². The number of aromatic nitrogens is 2. The average molecular weight is 426 g/mol.